The molecule has 0 spiro atoms. The van der Waals surface area contributed by atoms with Gasteiger partial charge in [0.1, 0.15) is 17.9 Å². The van der Waals surface area contributed by atoms with E-state index in [0.29, 0.717) is 17.9 Å². The number of nitrogens with one attached hydrogen (secondary N) is 1. The van der Waals surface area contributed by atoms with Gasteiger partial charge in [0.2, 0.25) is 5.91 Å². The number of rotatable bonds is 12. The van der Waals surface area contributed by atoms with Crippen LogP contribution in [-0.4, -0.2) is 33.5 Å². The number of allylic oxidation sites excluding steroid dienone is 4. The Kier molecular flexibility index (Phi) is 13.6. The van der Waals surface area contributed by atoms with Gasteiger partial charge in [-0.05, 0) is 106 Å². The van der Waals surface area contributed by atoms with E-state index in [1.807, 2.05) is 104 Å². The van der Waals surface area contributed by atoms with Gasteiger partial charge in [0, 0.05) is 5.70 Å². The zero-order valence-electron chi connectivity index (χ0n) is 28.0. The fourth-order valence-electron chi connectivity index (χ4n) is 5.20. The first kappa shape index (κ1) is 38.0. The molecule has 7 nitrogen and oxygen atoms in total. The van der Waals surface area contributed by atoms with E-state index in [2.05, 4.69) is 62.1 Å². The van der Waals surface area contributed by atoms with Gasteiger partial charge in [-0.1, -0.05) is 127 Å². The maximum atomic E-state index is 14.1. The van der Waals surface area contributed by atoms with Crippen LogP contribution in [0.25, 0.3) is 6.08 Å². The average molecular weight is 920 g/mol. The van der Waals surface area contributed by atoms with E-state index in [1.54, 1.807) is 37.3 Å². The molecule has 51 heavy (non-hydrogen) atoms. The minimum atomic E-state index is -0.682. The first-order valence-corrected chi connectivity index (χ1v) is 19.2. The first-order chi connectivity index (χ1) is 24.7. The molecule has 0 atom stereocenters. The Morgan fingerprint density at radius 3 is 2.14 bits per heavy atom. The van der Waals surface area contributed by atoms with Crippen molar-refractivity contribution in [1.82, 2.24) is 10.2 Å². The molecule has 0 fully saturated rings. The van der Waals surface area contributed by atoms with E-state index in [0.717, 1.165) is 41.3 Å². The summed E-state index contributed by atoms with van der Waals surface area (Å²) >= 11 is 5.43. The lowest BCUT2D eigenvalue weighted by molar-refractivity contribution is -0.126. The number of carbonyl (C=O) groups excluding carboxylic acids is 3. The third-order valence-corrected chi connectivity index (χ3v) is 10.3. The van der Waals surface area contributed by atoms with Crippen LogP contribution in [0, 0.1) is 14.1 Å². The minimum Gasteiger partial charge on any atom is -0.487 e. The topological polar surface area (TPSA) is 88.1 Å². The molecule has 5 rings (SSSR count). The average Bonchev–Trinajstić information content (AvgIpc) is 3.13. The molecule has 0 saturated carbocycles. The van der Waals surface area contributed by atoms with Crippen molar-refractivity contribution in [2.24, 2.45) is 4.99 Å². The van der Waals surface area contributed by atoms with Gasteiger partial charge in [-0.3, -0.25) is 19.3 Å². The highest BCUT2D eigenvalue weighted by atomic mass is 127. The molecule has 4 aromatic rings. The van der Waals surface area contributed by atoms with Gasteiger partial charge in [0.25, 0.3) is 11.8 Å². The van der Waals surface area contributed by atoms with Gasteiger partial charge in [-0.15, -0.1) is 0 Å². The lowest BCUT2D eigenvalue weighted by Gasteiger charge is -2.28. The molecule has 0 aromatic heterocycles. The smallest absolute Gasteiger partial charge is 0.285 e. The van der Waals surface area contributed by atoms with Gasteiger partial charge < -0.3 is 10.1 Å². The van der Waals surface area contributed by atoms with Crippen molar-refractivity contribution < 1.29 is 19.1 Å². The zero-order valence-corrected chi connectivity index (χ0v) is 33.1. The molecule has 258 valence electrons. The summed E-state index contributed by atoms with van der Waals surface area (Å²) < 4.78 is 7.83. The molecule has 0 saturated heterocycles. The molecule has 1 heterocycles. The highest BCUT2D eigenvalue weighted by molar-refractivity contribution is 14.1. The standard InChI is InChI=1S/C41H35I2N3O4S/c1-4-6-17-32(5-2)46-40(49)33(22-29-23-34(42)38(35(43)24-29)50-25-28-20-18-27(3)19-21-28)39(48)45-41(46)51-26-36(47)44-37(30-13-9-7-10-14-30)31-15-11-8-12-16-31/h4-24,37H,1,25-26H2,2-3H3,(H,44,47)/b17-6-,32-5+,33-22+. The van der Waals surface area contributed by atoms with Crippen LogP contribution in [0.2, 0.25) is 0 Å². The number of carbonyl (C=O) groups is 3. The van der Waals surface area contributed by atoms with Crippen molar-refractivity contribution in [2.75, 3.05) is 5.75 Å². The van der Waals surface area contributed by atoms with Gasteiger partial charge >= 0.3 is 0 Å². The molecular formula is C41H35I2N3O4S. The summed E-state index contributed by atoms with van der Waals surface area (Å²) in [6.45, 7) is 7.99. The Morgan fingerprint density at radius 2 is 1.57 bits per heavy atom. The number of thioether (sulfide) groups is 1. The SMILES string of the molecule is C=C/C=C\C(=C/C)N1C(=O)/C(=C/c2cc(I)c(OCc3ccc(C)cc3)c(I)c2)C(=O)N=C1SCC(=O)NC(c1ccccc1)c1ccccc1. The quantitative estimate of drug-likeness (QED) is 0.0664. The van der Waals surface area contributed by atoms with Crippen molar-refractivity contribution in [3.63, 3.8) is 0 Å². The molecular weight excluding hydrogens is 884 g/mol. The largest absolute Gasteiger partial charge is 0.487 e. The Bertz CT molecular complexity index is 1980. The van der Waals surface area contributed by atoms with Crippen molar-refractivity contribution in [3.8, 4) is 5.75 Å². The van der Waals surface area contributed by atoms with Gasteiger partial charge in [-0.2, -0.15) is 4.99 Å². The highest BCUT2D eigenvalue weighted by Gasteiger charge is 2.35. The fraction of sp³-hybridized carbons (Fsp3) is 0.122. The van der Waals surface area contributed by atoms with Crippen LogP contribution in [0.3, 0.4) is 0 Å². The Morgan fingerprint density at radius 1 is 0.961 bits per heavy atom. The van der Waals surface area contributed by atoms with Crippen LogP contribution in [0.1, 0.15) is 40.8 Å². The van der Waals surface area contributed by atoms with E-state index >= 15 is 0 Å². The lowest BCUT2D eigenvalue weighted by atomic mass is 9.99. The van der Waals surface area contributed by atoms with E-state index in [1.165, 1.54) is 10.5 Å². The second-order valence-electron chi connectivity index (χ2n) is 11.4. The molecule has 4 aromatic carbocycles. The molecule has 0 unspecified atom stereocenters. The number of aliphatic imine (C=N–C) groups is 1. The molecule has 3 amide bonds. The zero-order chi connectivity index (χ0) is 36.3. The Hall–Kier alpha value is -4.27. The van der Waals surface area contributed by atoms with Crippen LogP contribution in [0.4, 0.5) is 0 Å². The molecule has 1 N–H and O–H groups in total. The molecule has 0 radical (unpaired) electrons. The normalized spacial score (nSPS) is 14.3. The highest BCUT2D eigenvalue weighted by Crippen LogP contribution is 2.32. The molecule has 0 aliphatic carbocycles. The second kappa shape index (κ2) is 18.3. The van der Waals surface area contributed by atoms with E-state index in [-0.39, 0.29) is 28.4 Å². The monoisotopic (exact) mass is 919 g/mol. The minimum absolute atomic E-state index is 0.0757. The maximum absolute atomic E-state index is 14.1. The maximum Gasteiger partial charge on any atom is 0.285 e. The number of benzene rings is 4. The Balaban J connectivity index is 1.39. The van der Waals surface area contributed by atoms with Crippen LogP contribution in [0.15, 0.2) is 144 Å². The molecule has 1 aliphatic rings. The van der Waals surface area contributed by atoms with E-state index in [9.17, 15) is 14.4 Å². The predicted octanol–water partition coefficient (Wildman–Crippen LogP) is 9.18. The van der Waals surface area contributed by atoms with Crippen molar-refractivity contribution in [3.05, 3.63) is 174 Å². The number of ether oxygens (including phenoxy) is 1. The summed E-state index contributed by atoms with van der Waals surface area (Å²) in [6, 6.07) is 30.9. The second-order valence-corrected chi connectivity index (χ2v) is 14.7. The van der Waals surface area contributed by atoms with Crippen molar-refractivity contribution in [1.29, 1.82) is 0 Å². The molecule has 0 bridgehead atoms. The van der Waals surface area contributed by atoms with Gasteiger partial charge in [-0.25, -0.2) is 0 Å². The van der Waals surface area contributed by atoms with Crippen molar-refractivity contribution in [2.45, 2.75) is 26.5 Å². The van der Waals surface area contributed by atoms with Crippen molar-refractivity contribution >= 4 is 85.9 Å². The summed E-state index contributed by atoms with van der Waals surface area (Å²) in [6.07, 6.45) is 8.30. The predicted molar refractivity (Wildman–Crippen MR) is 223 cm³/mol. The van der Waals surface area contributed by atoms with E-state index in [4.69, 9.17) is 4.74 Å². The van der Waals surface area contributed by atoms with Crippen LogP contribution in [-0.2, 0) is 21.0 Å². The summed E-state index contributed by atoms with van der Waals surface area (Å²) in [5.41, 5.74) is 5.15. The summed E-state index contributed by atoms with van der Waals surface area (Å²) in [5, 5.41) is 3.22. The van der Waals surface area contributed by atoms with Crippen LogP contribution in [0.5, 0.6) is 5.75 Å². The summed E-state index contributed by atoms with van der Waals surface area (Å²) in [7, 11) is 0. The number of halogens is 2. The van der Waals surface area contributed by atoms with Crippen LogP contribution >= 0.6 is 56.9 Å². The number of nitrogens with zero attached hydrogens (tertiary/aromatic N) is 2. The number of hydrogen-bond acceptors (Lipinski definition) is 5. The lowest BCUT2D eigenvalue weighted by Crippen LogP contribution is -2.42. The molecule has 1 aliphatic heterocycles. The molecule has 10 heteroatoms. The summed E-state index contributed by atoms with van der Waals surface area (Å²) in [5.74, 6) is -0.855. The first-order valence-electron chi connectivity index (χ1n) is 16.0. The fourth-order valence-corrected chi connectivity index (χ4v) is 8.14. The number of hydrogen-bond donors (Lipinski definition) is 1. The number of aryl methyl sites for hydroxylation is 1. The third kappa shape index (κ3) is 9.95. The third-order valence-electron chi connectivity index (χ3n) is 7.75. The van der Waals surface area contributed by atoms with Gasteiger partial charge in [0.15, 0.2) is 5.17 Å². The Labute approximate surface area is 329 Å². The number of amidine groups is 1. The summed E-state index contributed by atoms with van der Waals surface area (Å²) in [4.78, 5) is 46.8. The van der Waals surface area contributed by atoms with Crippen LogP contribution < -0.4 is 10.1 Å². The van der Waals surface area contributed by atoms with E-state index < -0.39 is 11.8 Å². The van der Waals surface area contributed by atoms with Gasteiger partial charge in [0.05, 0.1) is 18.9 Å². The number of amides is 3.